The van der Waals surface area contributed by atoms with E-state index < -0.39 is 29.3 Å². The summed E-state index contributed by atoms with van der Waals surface area (Å²) in [4.78, 5) is 0. The van der Waals surface area contributed by atoms with E-state index in [4.69, 9.17) is 0 Å². The Morgan fingerprint density at radius 2 is 1.75 bits per heavy atom. The van der Waals surface area contributed by atoms with Crippen molar-refractivity contribution in [3.05, 3.63) is 70.8 Å². The number of hydrogen-bond acceptors (Lipinski definition) is 1. The molecule has 2 aromatic rings. The average Bonchev–Trinajstić information content (AvgIpc) is 2.40. The summed E-state index contributed by atoms with van der Waals surface area (Å²) in [6.45, 7) is 1.72. The molecule has 106 valence electrons. The van der Waals surface area contributed by atoms with Gasteiger partial charge in [-0.15, -0.1) is 0 Å². The Morgan fingerprint density at radius 1 is 1.00 bits per heavy atom. The first kappa shape index (κ1) is 14.5. The summed E-state index contributed by atoms with van der Waals surface area (Å²) in [5, 5.41) is 2.87. The van der Waals surface area contributed by atoms with E-state index >= 15 is 0 Å². The molecule has 0 aliphatic heterocycles. The van der Waals surface area contributed by atoms with E-state index in [-0.39, 0.29) is 17.7 Å². The van der Waals surface area contributed by atoms with Gasteiger partial charge < -0.3 is 5.32 Å². The van der Waals surface area contributed by atoms with Gasteiger partial charge in [-0.2, -0.15) is 0 Å². The highest BCUT2D eigenvalue weighted by atomic mass is 19.2. The molecular weight excluding hydrogens is 270 g/mol. The van der Waals surface area contributed by atoms with Gasteiger partial charge in [0, 0.05) is 29.8 Å². The monoisotopic (exact) mass is 283 g/mol. The Bertz CT molecular complexity index is 613. The first-order valence-corrected chi connectivity index (χ1v) is 6.10. The molecule has 0 spiro atoms. The fourth-order valence-electron chi connectivity index (χ4n) is 1.89. The molecule has 0 aliphatic carbocycles. The third-order valence-electron chi connectivity index (χ3n) is 3.06. The lowest BCUT2D eigenvalue weighted by molar-refractivity contribution is 0.469. The SMILES string of the molecule is CC(NCc1ccc(F)cc1F)c1cccc(F)c1F. The van der Waals surface area contributed by atoms with Crippen molar-refractivity contribution in [2.45, 2.75) is 19.5 Å². The van der Waals surface area contributed by atoms with E-state index in [1.807, 2.05) is 0 Å². The van der Waals surface area contributed by atoms with Gasteiger partial charge in [-0.25, -0.2) is 17.6 Å². The second-order valence-electron chi connectivity index (χ2n) is 4.48. The van der Waals surface area contributed by atoms with Gasteiger partial charge in [-0.3, -0.25) is 0 Å². The van der Waals surface area contributed by atoms with Crippen molar-refractivity contribution in [2.24, 2.45) is 0 Å². The maximum Gasteiger partial charge on any atom is 0.163 e. The Hall–Kier alpha value is -1.88. The number of halogens is 4. The lowest BCUT2D eigenvalue weighted by Gasteiger charge is -2.15. The van der Waals surface area contributed by atoms with Crippen molar-refractivity contribution in [1.82, 2.24) is 5.32 Å². The van der Waals surface area contributed by atoms with Crippen molar-refractivity contribution in [3.63, 3.8) is 0 Å². The first-order chi connectivity index (χ1) is 9.49. The fraction of sp³-hybridized carbons (Fsp3) is 0.200. The summed E-state index contributed by atoms with van der Waals surface area (Å²) in [5.74, 6) is -3.18. The van der Waals surface area contributed by atoms with Gasteiger partial charge in [0.2, 0.25) is 0 Å². The molecule has 0 radical (unpaired) electrons. The summed E-state index contributed by atoms with van der Waals surface area (Å²) >= 11 is 0. The molecule has 1 nitrogen and oxygen atoms in total. The standard InChI is InChI=1S/C15H13F4N/c1-9(12-3-2-4-13(17)15(12)19)20-8-10-5-6-11(16)7-14(10)18/h2-7,9,20H,8H2,1H3. The molecule has 0 heterocycles. The Kier molecular flexibility index (Phi) is 4.39. The minimum atomic E-state index is -0.927. The zero-order chi connectivity index (χ0) is 14.7. The van der Waals surface area contributed by atoms with Crippen LogP contribution in [0.5, 0.6) is 0 Å². The van der Waals surface area contributed by atoms with Gasteiger partial charge in [-0.05, 0) is 19.1 Å². The van der Waals surface area contributed by atoms with E-state index in [1.54, 1.807) is 6.92 Å². The van der Waals surface area contributed by atoms with Crippen LogP contribution in [-0.2, 0) is 6.54 Å². The Balaban J connectivity index is 2.08. The number of rotatable bonds is 4. The molecule has 0 aromatic heterocycles. The quantitative estimate of drug-likeness (QED) is 0.833. The second kappa shape index (κ2) is 6.05. The summed E-state index contributed by atoms with van der Waals surface area (Å²) in [6, 6.07) is 6.63. The normalized spacial score (nSPS) is 12.4. The molecule has 2 rings (SSSR count). The zero-order valence-electron chi connectivity index (χ0n) is 10.8. The van der Waals surface area contributed by atoms with Crippen molar-refractivity contribution in [3.8, 4) is 0 Å². The predicted molar refractivity (Wildman–Crippen MR) is 68.0 cm³/mol. The second-order valence-corrected chi connectivity index (χ2v) is 4.48. The highest BCUT2D eigenvalue weighted by Crippen LogP contribution is 2.19. The molecule has 0 bridgehead atoms. The molecule has 20 heavy (non-hydrogen) atoms. The van der Waals surface area contributed by atoms with Gasteiger partial charge >= 0.3 is 0 Å². The van der Waals surface area contributed by atoms with Crippen LogP contribution < -0.4 is 5.32 Å². The number of hydrogen-bond donors (Lipinski definition) is 1. The van der Waals surface area contributed by atoms with Crippen LogP contribution in [0.3, 0.4) is 0 Å². The van der Waals surface area contributed by atoms with Gasteiger partial charge in [-0.1, -0.05) is 18.2 Å². The predicted octanol–water partition coefficient (Wildman–Crippen LogP) is 4.09. The summed E-state index contributed by atoms with van der Waals surface area (Å²) in [7, 11) is 0. The van der Waals surface area contributed by atoms with Crippen molar-refractivity contribution < 1.29 is 17.6 Å². The molecular formula is C15H13F4N. The maximum absolute atomic E-state index is 13.6. The average molecular weight is 283 g/mol. The molecule has 1 atom stereocenters. The van der Waals surface area contributed by atoms with E-state index in [9.17, 15) is 17.6 Å². The molecule has 0 fully saturated rings. The number of benzene rings is 2. The molecule has 0 saturated heterocycles. The van der Waals surface area contributed by atoms with Gasteiger partial charge in [0.25, 0.3) is 0 Å². The van der Waals surface area contributed by atoms with Gasteiger partial charge in [0.1, 0.15) is 11.6 Å². The van der Waals surface area contributed by atoms with Crippen LogP contribution in [0, 0.1) is 23.3 Å². The molecule has 0 amide bonds. The van der Waals surface area contributed by atoms with E-state index in [0.717, 1.165) is 18.2 Å². The van der Waals surface area contributed by atoms with Gasteiger partial charge in [0.15, 0.2) is 11.6 Å². The smallest absolute Gasteiger partial charge is 0.163 e. The Morgan fingerprint density at radius 3 is 2.45 bits per heavy atom. The molecule has 5 heteroatoms. The number of nitrogens with one attached hydrogen (secondary N) is 1. The van der Waals surface area contributed by atoms with Gasteiger partial charge in [0.05, 0.1) is 0 Å². The Labute approximate surface area is 114 Å². The van der Waals surface area contributed by atoms with Crippen LogP contribution >= 0.6 is 0 Å². The third-order valence-corrected chi connectivity index (χ3v) is 3.06. The lowest BCUT2D eigenvalue weighted by atomic mass is 10.1. The van der Waals surface area contributed by atoms with E-state index in [2.05, 4.69) is 5.32 Å². The van der Waals surface area contributed by atoms with Crippen molar-refractivity contribution in [1.29, 1.82) is 0 Å². The summed E-state index contributed by atoms with van der Waals surface area (Å²) < 4.78 is 52.9. The minimum absolute atomic E-state index is 0.0865. The summed E-state index contributed by atoms with van der Waals surface area (Å²) in [6.07, 6.45) is 0. The topological polar surface area (TPSA) is 12.0 Å². The van der Waals surface area contributed by atoms with Crippen molar-refractivity contribution >= 4 is 0 Å². The lowest BCUT2D eigenvalue weighted by Crippen LogP contribution is -2.20. The fourth-order valence-corrected chi connectivity index (χ4v) is 1.89. The molecule has 0 aliphatic rings. The molecule has 0 saturated carbocycles. The third kappa shape index (κ3) is 3.17. The van der Waals surface area contributed by atoms with Crippen LogP contribution in [0.2, 0.25) is 0 Å². The molecule has 1 unspecified atom stereocenters. The van der Waals surface area contributed by atoms with Crippen LogP contribution in [0.1, 0.15) is 24.1 Å². The van der Waals surface area contributed by atoms with Crippen LogP contribution in [0.15, 0.2) is 36.4 Å². The highest BCUT2D eigenvalue weighted by Gasteiger charge is 2.14. The largest absolute Gasteiger partial charge is 0.306 e. The van der Waals surface area contributed by atoms with Crippen LogP contribution in [0.25, 0.3) is 0 Å². The molecule has 2 aromatic carbocycles. The van der Waals surface area contributed by atoms with Crippen LogP contribution in [-0.4, -0.2) is 0 Å². The highest BCUT2D eigenvalue weighted by molar-refractivity contribution is 5.23. The maximum atomic E-state index is 13.6. The van der Waals surface area contributed by atoms with E-state index in [0.29, 0.717) is 0 Å². The van der Waals surface area contributed by atoms with E-state index in [1.165, 1.54) is 18.2 Å². The minimum Gasteiger partial charge on any atom is -0.306 e. The first-order valence-electron chi connectivity index (χ1n) is 6.10. The van der Waals surface area contributed by atoms with Crippen LogP contribution in [0.4, 0.5) is 17.6 Å². The zero-order valence-corrected chi connectivity index (χ0v) is 10.8. The van der Waals surface area contributed by atoms with Crippen molar-refractivity contribution in [2.75, 3.05) is 0 Å². The summed E-state index contributed by atoms with van der Waals surface area (Å²) in [5.41, 5.74) is 0.419. The molecule has 1 N–H and O–H groups in total.